The summed E-state index contributed by atoms with van der Waals surface area (Å²) < 4.78 is 62.8. The molecule has 2 rings (SSSR count). The van der Waals surface area contributed by atoms with Gasteiger partial charge in [-0.05, 0) is 11.4 Å². The van der Waals surface area contributed by atoms with Crippen molar-refractivity contribution in [3.05, 3.63) is 28.6 Å². The van der Waals surface area contributed by atoms with Crippen LogP contribution in [0.5, 0.6) is 0 Å². The van der Waals surface area contributed by atoms with E-state index < -0.39 is 21.9 Å². The van der Waals surface area contributed by atoms with Crippen molar-refractivity contribution < 1.29 is 21.6 Å². The van der Waals surface area contributed by atoms with Gasteiger partial charge >= 0.3 is 6.18 Å². The van der Waals surface area contributed by atoms with Crippen molar-refractivity contribution in [1.29, 1.82) is 0 Å². The lowest BCUT2D eigenvalue weighted by atomic mass is 10.5. The van der Waals surface area contributed by atoms with Gasteiger partial charge in [0.15, 0.2) is 10.8 Å². The number of hydrogen-bond donors (Lipinski definition) is 1. The minimum absolute atomic E-state index is 0.106. The Labute approximate surface area is 133 Å². The van der Waals surface area contributed by atoms with E-state index >= 15 is 0 Å². The molecule has 11 heteroatoms. The van der Waals surface area contributed by atoms with E-state index in [9.17, 15) is 21.6 Å². The molecule has 0 unspecified atom stereocenters. The molecule has 1 N–H and O–H groups in total. The topological polar surface area (TPSA) is 62.3 Å². The first-order valence-electron chi connectivity index (χ1n) is 5.97. The summed E-state index contributed by atoms with van der Waals surface area (Å²) in [7, 11) is -2.14. The molecule has 0 amide bonds. The minimum atomic E-state index is -4.48. The van der Waals surface area contributed by atoms with E-state index in [-0.39, 0.29) is 22.4 Å². The summed E-state index contributed by atoms with van der Waals surface area (Å²) in [5.74, 6) is 0. The maximum absolute atomic E-state index is 12.4. The highest BCUT2D eigenvalue weighted by Gasteiger charge is 2.33. The number of sulfonamides is 1. The first kappa shape index (κ1) is 17.2. The van der Waals surface area contributed by atoms with Crippen LogP contribution in [0, 0.1) is 0 Å². The van der Waals surface area contributed by atoms with Gasteiger partial charge in [-0.1, -0.05) is 6.07 Å². The second-order valence-electron chi connectivity index (χ2n) is 4.22. The van der Waals surface area contributed by atoms with Gasteiger partial charge in [0.25, 0.3) is 10.0 Å². The van der Waals surface area contributed by atoms with Gasteiger partial charge in [-0.25, -0.2) is 13.4 Å². The smallest absolute Gasteiger partial charge is 0.360 e. The lowest BCUT2D eigenvalue weighted by molar-refractivity contribution is -0.140. The highest BCUT2D eigenvalue weighted by molar-refractivity contribution is 7.91. The molecular formula is C11H12F3N3O2S3. The number of anilines is 1. The number of halogens is 3. The van der Waals surface area contributed by atoms with Crippen molar-refractivity contribution >= 4 is 37.8 Å². The predicted molar refractivity (Wildman–Crippen MR) is 79.7 cm³/mol. The van der Waals surface area contributed by atoms with E-state index in [4.69, 9.17) is 0 Å². The number of alkyl halides is 3. The Morgan fingerprint density at radius 1 is 1.36 bits per heavy atom. The van der Waals surface area contributed by atoms with Gasteiger partial charge < -0.3 is 5.32 Å². The molecule has 0 aliphatic carbocycles. The van der Waals surface area contributed by atoms with Crippen LogP contribution < -0.4 is 5.32 Å². The third-order valence-corrected chi connectivity index (χ3v) is 6.69. The molecule has 2 aromatic heterocycles. The Morgan fingerprint density at radius 3 is 2.64 bits per heavy atom. The monoisotopic (exact) mass is 371 g/mol. The maximum atomic E-state index is 12.4. The Bertz CT molecular complexity index is 711. The molecule has 0 spiro atoms. The van der Waals surface area contributed by atoms with E-state index in [2.05, 4.69) is 10.3 Å². The number of thiazole rings is 1. The summed E-state index contributed by atoms with van der Waals surface area (Å²) in [5.41, 5.74) is -0.959. The van der Waals surface area contributed by atoms with Crippen LogP contribution in [0.2, 0.25) is 0 Å². The van der Waals surface area contributed by atoms with E-state index in [1.165, 1.54) is 13.1 Å². The van der Waals surface area contributed by atoms with E-state index in [0.717, 1.165) is 32.4 Å². The van der Waals surface area contributed by atoms with Crippen LogP contribution in [0.15, 0.2) is 27.1 Å². The zero-order valence-electron chi connectivity index (χ0n) is 11.3. The van der Waals surface area contributed by atoms with Gasteiger partial charge in [-0.3, -0.25) is 0 Å². The molecule has 0 saturated heterocycles. The van der Waals surface area contributed by atoms with Crippen LogP contribution in [0.25, 0.3) is 0 Å². The third kappa shape index (κ3) is 3.97. The van der Waals surface area contributed by atoms with Crippen molar-refractivity contribution in [2.75, 3.05) is 25.5 Å². The number of aromatic nitrogens is 1. The molecule has 122 valence electrons. The summed E-state index contributed by atoms with van der Waals surface area (Å²) in [6.45, 7) is 0.271. The molecule has 2 aromatic rings. The van der Waals surface area contributed by atoms with Gasteiger partial charge in [0, 0.05) is 25.5 Å². The van der Waals surface area contributed by atoms with Gasteiger partial charge in [-0.2, -0.15) is 17.5 Å². The van der Waals surface area contributed by atoms with Crippen molar-refractivity contribution in [1.82, 2.24) is 9.29 Å². The van der Waals surface area contributed by atoms with Crippen LogP contribution in [0.4, 0.5) is 18.3 Å². The molecule has 5 nitrogen and oxygen atoms in total. The second kappa shape index (κ2) is 6.52. The molecule has 0 aromatic carbocycles. The Hall–Kier alpha value is -1.17. The number of thiophene rings is 1. The van der Waals surface area contributed by atoms with Crippen LogP contribution in [-0.2, 0) is 16.2 Å². The summed E-state index contributed by atoms with van der Waals surface area (Å²) in [4.78, 5) is 3.41. The minimum Gasteiger partial charge on any atom is -0.360 e. The number of rotatable bonds is 6. The summed E-state index contributed by atoms with van der Waals surface area (Å²) >= 11 is 1.93. The fourth-order valence-corrected chi connectivity index (χ4v) is 4.61. The molecule has 2 heterocycles. The number of nitrogens with one attached hydrogen (secondary N) is 1. The second-order valence-corrected chi connectivity index (χ2v) is 8.30. The molecule has 22 heavy (non-hydrogen) atoms. The average molecular weight is 371 g/mol. The molecule has 0 bridgehead atoms. The Kier molecular flexibility index (Phi) is 5.10. The fraction of sp³-hybridized carbons (Fsp3) is 0.364. The van der Waals surface area contributed by atoms with Gasteiger partial charge in [-0.15, -0.1) is 22.7 Å². The Balaban J connectivity index is 1.90. The van der Waals surface area contributed by atoms with Crippen LogP contribution >= 0.6 is 22.7 Å². The lowest BCUT2D eigenvalue weighted by Crippen LogP contribution is -2.31. The average Bonchev–Trinajstić information content (AvgIpc) is 3.09. The van der Waals surface area contributed by atoms with Crippen LogP contribution in [0.3, 0.4) is 0 Å². The van der Waals surface area contributed by atoms with E-state index in [0.29, 0.717) is 0 Å². The van der Waals surface area contributed by atoms with Crippen LogP contribution in [0.1, 0.15) is 5.69 Å². The Morgan fingerprint density at radius 2 is 2.09 bits per heavy atom. The first-order valence-corrected chi connectivity index (χ1v) is 9.17. The largest absolute Gasteiger partial charge is 0.434 e. The number of likely N-dealkylation sites (N-methyl/N-ethyl adjacent to an activating group) is 1. The summed E-state index contributed by atoms with van der Waals surface area (Å²) in [6.07, 6.45) is -4.48. The molecular weight excluding hydrogens is 359 g/mol. The maximum Gasteiger partial charge on any atom is 0.434 e. The lowest BCUT2D eigenvalue weighted by Gasteiger charge is -2.15. The number of hydrogen-bond acceptors (Lipinski definition) is 6. The van der Waals surface area contributed by atoms with Crippen molar-refractivity contribution in [2.24, 2.45) is 0 Å². The fourth-order valence-electron chi connectivity index (χ4n) is 1.49. The highest BCUT2D eigenvalue weighted by atomic mass is 32.2. The molecule has 0 saturated carbocycles. The number of nitrogens with zero attached hydrogens (tertiary/aromatic N) is 2. The zero-order chi connectivity index (χ0) is 16.4. The molecule has 0 radical (unpaired) electrons. The third-order valence-electron chi connectivity index (χ3n) is 2.66. The van der Waals surface area contributed by atoms with Gasteiger partial charge in [0.1, 0.15) is 4.21 Å². The van der Waals surface area contributed by atoms with Gasteiger partial charge in [0.05, 0.1) is 0 Å². The first-order chi connectivity index (χ1) is 10.2. The van der Waals surface area contributed by atoms with Gasteiger partial charge in [0.2, 0.25) is 0 Å². The predicted octanol–water partition coefficient (Wildman–Crippen LogP) is 2.96. The zero-order valence-corrected chi connectivity index (χ0v) is 13.7. The SMILES string of the molecule is CN(CCNc1nc(C(F)(F)F)cs1)S(=O)(=O)c1cccs1. The van der Waals surface area contributed by atoms with Crippen LogP contribution in [-0.4, -0.2) is 37.8 Å². The molecule has 0 fully saturated rings. The molecule has 0 atom stereocenters. The summed E-state index contributed by atoms with van der Waals surface area (Å²) in [6, 6.07) is 3.14. The van der Waals surface area contributed by atoms with E-state index in [1.54, 1.807) is 11.4 Å². The quantitative estimate of drug-likeness (QED) is 0.848. The standard InChI is InChI=1S/C11H12F3N3O2S3/c1-17(22(18,19)9-3-2-6-20-9)5-4-15-10-16-8(7-21-10)11(12,13)14/h2-3,6-7H,4-5H2,1H3,(H,15,16). The van der Waals surface area contributed by atoms with E-state index in [1.807, 2.05) is 0 Å². The van der Waals surface area contributed by atoms with Crippen molar-refractivity contribution in [3.8, 4) is 0 Å². The van der Waals surface area contributed by atoms with Crippen molar-refractivity contribution in [3.63, 3.8) is 0 Å². The van der Waals surface area contributed by atoms with Crippen molar-refractivity contribution in [2.45, 2.75) is 10.4 Å². The molecule has 0 aliphatic rings. The molecule has 0 aliphatic heterocycles. The highest BCUT2D eigenvalue weighted by Crippen LogP contribution is 2.31. The summed E-state index contributed by atoms with van der Waals surface area (Å²) in [5, 5.41) is 5.37. The normalized spacial score (nSPS) is 12.8.